The Labute approximate surface area is 88.1 Å². The second-order valence-electron chi connectivity index (χ2n) is 3.62. The van der Waals surface area contributed by atoms with Crippen LogP contribution in [0.4, 0.5) is 5.69 Å². The van der Waals surface area contributed by atoms with Gasteiger partial charge in [0.05, 0.1) is 11.7 Å². The lowest BCUT2D eigenvalue weighted by molar-refractivity contribution is 0.0696. The third-order valence-electron chi connectivity index (χ3n) is 2.64. The first kappa shape index (κ1) is 9.98. The maximum Gasteiger partial charge on any atom is 0.335 e. The first-order chi connectivity index (χ1) is 7.20. The molecule has 1 fully saturated rings. The monoisotopic (exact) mass is 207 g/mol. The van der Waals surface area contributed by atoms with Crippen LogP contribution >= 0.6 is 0 Å². The van der Waals surface area contributed by atoms with Crippen molar-refractivity contribution in [2.24, 2.45) is 0 Å². The van der Waals surface area contributed by atoms with Gasteiger partial charge in [0, 0.05) is 25.9 Å². The quantitative estimate of drug-likeness (QED) is 0.809. The first-order valence-corrected chi connectivity index (χ1v) is 4.82. The summed E-state index contributed by atoms with van der Waals surface area (Å²) in [5.74, 6) is -0.888. The minimum Gasteiger partial charge on any atom is -0.478 e. The molecular formula is C11H13NO3. The van der Waals surface area contributed by atoms with Crippen LogP contribution in [0.1, 0.15) is 10.4 Å². The summed E-state index contributed by atoms with van der Waals surface area (Å²) in [5.41, 5.74) is 1.27. The highest BCUT2D eigenvalue weighted by Gasteiger charge is 2.26. The molecule has 0 radical (unpaired) electrons. The van der Waals surface area contributed by atoms with Crippen LogP contribution in [0.25, 0.3) is 0 Å². The average Bonchev–Trinajstić information content (AvgIpc) is 2.16. The minimum atomic E-state index is -0.888. The molecule has 0 spiro atoms. The average molecular weight is 207 g/mol. The van der Waals surface area contributed by atoms with Crippen molar-refractivity contribution in [2.75, 3.05) is 25.1 Å². The fourth-order valence-corrected chi connectivity index (χ4v) is 1.63. The van der Waals surface area contributed by atoms with Crippen LogP contribution in [0.3, 0.4) is 0 Å². The Morgan fingerprint density at radius 2 is 2.27 bits per heavy atom. The number of carboxylic acid groups (broad SMARTS) is 1. The van der Waals surface area contributed by atoms with Crippen molar-refractivity contribution >= 4 is 11.7 Å². The summed E-state index contributed by atoms with van der Waals surface area (Å²) in [6.07, 6.45) is 0.276. The highest BCUT2D eigenvalue weighted by molar-refractivity contribution is 5.88. The minimum absolute atomic E-state index is 0.276. The zero-order valence-corrected chi connectivity index (χ0v) is 8.51. The fourth-order valence-electron chi connectivity index (χ4n) is 1.63. The molecule has 1 aromatic carbocycles. The van der Waals surface area contributed by atoms with E-state index in [-0.39, 0.29) is 6.10 Å². The van der Waals surface area contributed by atoms with Gasteiger partial charge in [0.15, 0.2) is 0 Å². The number of carboxylic acids is 1. The lowest BCUT2D eigenvalue weighted by Gasteiger charge is -2.40. The molecule has 4 heteroatoms. The molecule has 0 atom stereocenters. The van der Waals surface area contributed by atoms with Crippen LogP contribution in [0.15, 0.2) is 24.3 Å². The Morgan fingerprint density at radius 3 is 2.87 bits per heavy atom. The predicted molar refractivity (Wildman–Crippen MR) is 56.4 cm³/mol. The van der Waals surface area contributed by atoms with Gasteiger partial charge in [0.2, 0.25) is 0 Å². The zero-order chi connectivity index (χ0) is 10.8. The zero-order valence-electron chi connectivity index (χ0n) is 8.51. The smallest absolute Gasteiger partial charge is 0.335 e. The van der Waals surface area contributed by atoms with E-state index in [9.17, 15) is 4.79 Å². The van der Waals surface area contributed by atoms with Crippen molar-refractivity contribution in [2.45, 2.75) is 6.10 Å². The van der Waals surface area contributed by atoms with Gasteiger partial charge in [-0.2, -0.15) is 0 Å². The summed E-state index contributed by atoms with van der Waals surface area (Å²) in [5, 5.41) is 8.84. The molecule has 1 aliphatic heterocycles. The molecule has 0 bridgehead atoms. The van der Waals surface area contributed by atoms with Crippen molar-refractivity contribution in [3.8, 4) is 0 Å². The van der Waals surface area contributed by atoms with E-state index in [0.717, 1.165) is 18.8 Å². The van der Waals surface area contributed by atoms with Gasteiger partial charge in [-0.15, -0.1) is 0 Å². The second kappa shape index (κ2) is 3.90. The molecule has 15 heavy (non-hydrogen) atoms. The number of hydrogen-bond donors (Lipinski definition) is 1. The number of aromatic carboxylic acids is 1. The Bertz CT molecular complexity index is 372. The Hall–Kier alpha value is -1.55. The maximum atomic E-state index is 10.8. The topological polar surface area (TPSA) is 49.8 Å². The normalized spacial score (nSPS) is 16.2. The summed E-state index contributed by atoms with van der Waals surface area (Å²) in [7, 11) is 1.69. The van der Waals surface area contributed by atoms with Crippen molar-refractivity contribution in [1.82, 2.24) is 0 Å². The van der Waals surface area contributed by atoms with Gasteiger partial charge in [-0.1, -0.05) is 6.07 Å². The van der Waals surface area contributed by atoms with Gasteiger partial charge in [0.1, 0.15) is 0 Å². The molecule has 0 aromatic heterocycles. The molecule has 0 saturated carbocycles. The molecule has 0 unspecified atom stereocenters. The van der Waals surface area contributed by atoms with E-state index in [1.807, 2.05) is 6.07 Å². The summed E-state index contributed by atoms with van der Waals surface area (Å²) in [6, 6.07) is 6.96. The molecule has 80 valence electrons. The first-order valence-electron chi connectivity index (χ1n) is 4.82. The van der Waals surface area contributed by atoms with Crippen LogP contribution in [0, 0.1) is 0 Å². The van der Waals surface area contributed by atoms with Crippen molar-refractivity contribution < 1.29 is 14.6 Å². The predicted octanol–water partition coefficient (Wildman–Crippen LogP) is 1.22. The third kappa shape index (κ3) is 1.94. The van der Waals surface area contributed by atoms with E-state index in [1.165, 1.54) is 0 Å². The fraction of sp³-hybridized carbons (Fsp3) is 0.364. The number of carbonyl (C=O) groups is 1. The van der Waals surface area contributed by atoms with Crippen LogP contribution in [0.2, 0.25) is 0 Å². The van der Waals surface area contributed by atoms with Gasteiger partial charge in [-0.3, -0.25) is 0 Å². The summed E-state index contributed by atoms with van der Waals surface area (Å²) in [4.78, 5) is 12.9. The van der Waals surface area contributed by atoms with Crippen LogP contribution in [0.5, 0.6) is 0 Å². The summed E-state index contributed by atoms with van der Waals surface area (Å²) < 4.78 is 5.16. The molecule has 4 nitrogen and oxygen atoms in total. The van der Waals surface area contributed by atoms with Gasteiger partial charge >= 0.3 is 5.97 Å². The number of methoxy groups -OCH3 is 1. The number of hydrogen-bond acceptors (Lipinski definition) is 3. The van der Waals surface area contributed by atoms with E-state index < -0.39 is 5.97 Å². The largest absolute Gasteiger partial charge is 0.478 e. The molecular weight excluding hydrogens is 194 g/mol. The van der Waals surface area contributed by atoms with Crippen molar-refractivity contribution in [3.63, 3.8) is 0 Å². The van der Waals surface area contributed by atoms with E-state index >= 15 is 0 Å². The highest BCUT2D eigenvalue weighted by atomic mass is 16.5. The Balaban J connectivity index is 2.10. The molecule has 1 saturated heterocycles. The second-order valence-corrected chi connectivity index (χ2v) is 3.62. The molecule has 1 aliphatic rings. The molecule has 0 aliphatic carbocycles. The van der Waals surface area contributed by atoms with Crippen molar-refractivity contribution in [1.29, 1.82) is 0 Å². The summed E-state index contributed by atoms with van der Waals surface area (Å²) >= 11 is 0. The molecule has 1 aromatic rings. The Kier molecular flexibility index (Phi) is 2.60. The number of anilines is 1. The van der Waals surface area contributed by atoms with Crippen LogP contribution in [-0.4, -0.2) is 37.4 Å². The van der Waals surface area contributed by atoms with Gasteiger partial charge in [-0.25, -0.2) is 4.79 Å². The SMILES string of the molecule is COC1CN(c2cccc(C(=O)O)c2)C1. The van der Waals surface area contributed by atoms with E-state index in [4.69, 9.17) is 9.84 Å². The van der Waals surface area contributed by atoms with E-state index in [0.29, 0.717) is 5.56 Å². The van der Waals surface area contributed by atoms with Crippen LogP contribution < -0.4 is 4.90 Å². The Morgan fingerprint density at radius 1 is 1.53 bits per heavy atom. The molecule has 2 rings (SSSR count). The lowest BCUT2D eigenvalue weighted by atomic mass is 10.1. The molecule has 0 amide bonds. The lowest BCUT2D eigenvalue weighted by Crippen LogP contribution is -2.51. The highest BCUT2D eigenvalue weighted by Crippen LogP contribution is 2.22. The van der Waals surface area contributed by atoms with Gasteiger partial charge in [0.25, 0.3) is 0 Å². The maximum absolute atomic E-state index is 10.8. The number of rotatable bonds is 3. The summed E-state index contributed by atoms with van der Waals surface area (Å²) in [6.45, 7) is 1.67. The van der Waals surface area contributed by atoms with Crippen molar-refractivity contribution in [3.05, 3.63) is 29.8 Å². The number of benzene rings is 1. The number of nitrogens with zero attached hydrogens (tertiary/aromatic N) is 1. The number of ether oxygens (including phenoxy) is 1. The van der Waals surface area contributed by atoms with Gasteiger partial charge in [-0.05, 0) is 18.2 Å². The van der Waals surface area contributed by atoms with E-state index in [2.05, 4.69) is 4.90 Å². The van der Waals surface area contributed by atoms with E-state index in [1.54, 1.807) is 25.3 Å². The van der Waals surface area contributed by atoms with Gasteiger partial charge < -0.3 is 14.7 Å². The molecule has 1 N–H and O–H groups in total. The molecule has 1 heterocycles. The third-order valence-corrected chi connectivity index (χ3v) is 2.64. The van der Waals surface area contributed by atoms with Crippen LogP contribution in [-0.2, 0) is 4.74 Å². The standard InChI is InChI=1S/C11H13NO3/c1-15-10-6-12(7-10)9-4-2-3-8(5-9)11(13)14/h2-5,10H,6-7H2,1H3,(H,13,14).